The molecule has 0 amide bonds. The second-order valence-corrected chi connectivity index (χ2v) is 3.36. The van der Waals surface area contributed by atoms with E-state index in [0.717, 1.165) is 5.39 Å². The van der Waals surface area contributed by atoms with Crippen LogP contribution in [0.1, 0.15) is 0 Å². The molecule has 0 aliphatic heterocycles. The quantitative estimate of drug-likeness (QED) is 0.546. The lowest BCUT2D eigenvalue weighted by Gasteiger charge is -1.60. The lowest BCUT2D eigenvalue weighted by Crippen LogP contribution is -1.43. The Bertz CT molecular complexity index is 232. The Hall–Kier alpha value is -0.410. The van der Waals surface area contributed by atoms with Crippen LogP contribution in [0, 0.1) is 6.20 Å². The second kappa shape index (κ2) is 1.53. The van der Waals surface area contributed by atoms with E-state index in [1.807, 2.05) is 6.07 Å². The van der Waals surface area contributed by atoms with Gasteiger partial charge in [0.05, 0.1) is 0 Å². The van der Waals surface area contributed by atoms with Gasteiger partial charge in [-0.25, -0.2) is 0 Å². The third kappa shape index (κ3) is 0.485. The van der Waals surface area contributed by atoms with Crippen LogP contribution in [0.15, 0.2) is 11.4 Å². The zero-order valence-electron chi connectivity index (χ0n) is 3.92. The summed E-state index contributed by atoms with van der Waals surface area (Å²) >= 11 is 3.23. The topological polar surface area (TPSA) is 12.9 Å². The first-order chi connectivity index (χ1) is 3.97. The Labute approximate surface area is 54.8 Å². The van der Waals surface area contributed by atoms with Crippen molar-refractivity contribution < 1.29 is 0 Å². The van der Waals surface area contributed by atoms with Gasteiger partial charge in [0, 0.05) is 5.39 Å². The summed E-state index contributed by atoms with van der Waals surface area (Å²) in [6.45, 7) is 0. The number of fused-ring (bicyclic) bond motifs is 1. The summed E-state index contributed by atoms with van der Waals surface area (Å²) in [5.41, 5.74) is 0. The fraction of sp³-hybridized carbons (Fsp3) is 0. The highest BCUT2D eigenvalue weighted by molar-refractivity contribution is 7.35. The molecule has 8 heavy (non-hydrogen) atoms. The molecular formula is C5H2NS2. The van der Waals surface area contributed by atoms with Gasteiger partial charge in [-0.2, -0.15) is 4.37 Å². The van der Waals surface area contributed by atoms with Gasteiger partial charge in [-0.15, -0.1) is 11.3 Å². The summed E-state index contributed by atoms with van der Waals surface area (Å²) in [5, 5.41) is 3.21. The van der Waals surface area contributed by atoms with Gasteiger partial charge in [-0.1, -0.05) is 0 Å². The van der Waals surface area contributed by atoms with E-state index in [4.69, 9.17) is 0 Å². The molecule has 0 aliphatic carbocycles. The largest absolute Gasteiger partial charge is 0.189 e. The lowest BCUT2D eigenvalue weighted by molar-refractivity contribution is 1.58. The number of thiophene rings is 1. The second-order valence-electron chi connectivity index (χ2n) is 1.42. The van der Waals surface area contributed by atoms with E-state index in [1.165, 1.54) is 15.5 Å². The molecule has 2 heterocycles. The standard InChI is InChI=1S/C5H2NS2/c1-2-7-5-4(1)3-6-8-5/h1-2H. The van der Waals surface area contributed by atoms with Gasteiger partial charge in [-0.3, -0.25) is 0 Å². The SMILES string of the molecule is [c]1nsc2sccc12. The van der Waals surface area contributed by atoms with Crippen molar-refractivity contribution in [3.05, 3.63) is 17.6 Å². The molecule has 0 aliphatic rings. The Morgan fingerprint density at radius 3 is 3.50 bits per heavy atom. The van der Waals surface area contributed by atoms with Crippen LogP contribution in [-0.2, 0) is 0 Å². The number of aromatic nitrogens is 1. The third-order valence-electron chi connectivity index (χ3n) is 0.924. The van der Waals surface area contributed by atoms with Gasteiger partial charge in [0.1, 0.15) is 10.2 Å². The summed E-state index contributed by atoms with van der Waals surface area (Å²) in [6, 6.07) is 2.03. The number of nitrogens with zero attached hydrogens (tertiary/aromatic N) is 1. The predicted octanol–water partition coefficient (Wildman–Crippen LogP) is 2.16. The van der Waals surface area contributed by atoms with E-state index in [9.17, 15) is 0 Å². The fourth-order valence-corrected chi connectivity index (χ4v) is 2.02. The molecule has 0 unspecified atom stereocenters. The molecule has 0 aromatic carbocycles. The molecule has 0 saturated carbocycles. The first-order valence-corrected chi connectivity index (χ1v) is 3.83. The summed E-state index contributed by atoms with van der Waals surface area (Å²) in [6.07, 6.45) is 2.88. The Kier molecular flexibility index (Phi) is 0.856. The van der Waals surface area contributed by atoms with Crippen molar-refractivity contribution in [3.8, 4) is 0 Å². The monoisotopic (exact) mass is 140 g/mol. The minimum Gasteiger partial charge on any atom is -0.189 e. The minimum atomic E-state index is 1.15. The third-order valence-corrected chi connectivity index (χ3v) is 2.71. The van der Waals surface area contributed by atoms with Crippen LogP contribution >= 0.6 is 22.9 Å². The molecular weight excluding hydrogens is 138 g/mol. The highest BCUT2D eigenvalue weighted by Crippen LogP contribution is 2.22. The Morgan fingerprint density at radius 1 is 1.62 bits per heavy atom. The molecule has 2 rings (SSSR count). The molecule has 0 saturated heterocycles. The van der Waals surface area contributed by atoms with Gasteiger partial charge in [0.15, 0.2) is 0 Å². The molecule has 39 valence electrons. The smallest absolute Gasteiger partial charge is 0.113 e. The number of rotatable bonds is 0. The van der Waals surface area contributed by atoms with E-state index < -0.39 is 0 Å². The molecule has 1 nitrogen and oxygen atoms in total. The van der Waals surface area contributed by atoms with Crippen molar-refractivity contribution in [3.63, 3.8) is 0 Å². The highest BCUT2D eigenvalue weighted by atomic mass is 32.2. The van der Waals surface area contributed by atoms with Crippen LogP contribution in [0.25, 0.3) is 9.40 Å². The predicted molar refractivity (Wildman–Crippen MR) is 36.3 cm³/mol. The van der Waals surface area contributed by atoms with E-state index in [-0.39, 0.29) is 0 Å². The maximum atomic E-state index is 3.89. The molecule has 0 N–H and O–H groups in total. The minimum absolute atomic E-state index is 1.15. The lowest BCUT2D eigenvalue weighted by atomic mass is 10.5. The molecule has 3 heteroatoms. The highest BCUT2D eigenvalue weighted by Gasteiger charge is 1.93. The molecule has 2 aromatic heterocycles. The Morgan fingerprint density at radius 2 is 2.62 bits per heavy atom. The average Bonchev–Trinajstić information content (AvgIpc) is 2.15. The van der Waals surface area contributed by atoms with E-state index in [2.05, 4.69) is 16.0 Å². The summed E-state index contributed by atoms with van der Waals surface area (Å²) in [7, 11) is 0. The van der Waals surface area contributed by atoms with Crippen molar-refractivity contribution in [2.45, 2.75) is 0 Å². The van der Waals surface area contributed by atoms with Crippen LogP contribution < -0.4 is 0 Å². The normalized spacial score (nSPS) is 10.5. The van der Waals surface area contributed by atoms with E-state index in [0.29, 0.717) is 0 Å². The van der Waals surface area contributed by atoms with Crippen molar-refractivity contribution in [1.29, 1.82) is 0 Å². The molecule has 1 radical (unpaired) electrons. The van der Waals surface area contributed by atoms with Gasteiger partial charge < -0.3 is 0 Å². The molecule has 0 bridgehead atoms. The fourth-order valence-electron chi connectivity index (χ4n) is 0.562. The molecule has 0 spiro atoms. The number of hydrogen-bond donors (Lipinski definition) is 0. The molecule has 0 fully saturated rings. The maximum absolute atomic E-state index is 3.89. The van der Waals surface area contributed by atoms with E-state index in [1.54, 1.807) is 11.3 Å². The first-order valence-electron chi connectivity index (χ1n) is 2.17. The van der Waals surface area contributed by atoms with Crippen LogP contribution in [0.4, 0.5) is 0 Å². The van der Waals surface area contributed by atoms with Crippen LogP contribution in [0.3, 0.4) is 0 Å². The molecule has 2 aromatic rings. The van der Waals surface area contributed by atoms with Crippen molar-refractivity contribution >= 4 is 32.3 Å². The number of hydrogen-bond acceptors (Lipinski definition) is 3. The van der Waals surface area contributed by atoms with Crippen LogP contribution in [0.2, 0.25) is 0 Å². The zero-order valence-corrected chi connectivity index (χ0v) is 5.55. The zero-order chi connectivity index (χ0) is 5.40. The first kappa shape index (κ1) is 4.47. The maximum Gasteiger partial charge on any atom is 0.113 e. The Balaban J connectivity index is 3.06. The van der Waals surface area contributed by atoms with Crippen LogP contribution in [0.5, 0.6) is 0 Å². The van der Waals surface area contributed by atoms with Crippen molar-refractivity contribution in [2.75, 3.05) is 0 Å². The van der Waals surface area contributed by atoms with Gasteiger partial charge in [0.2, 0.25) is 0 Å². The van der Waals surface area contributed by atoms with Crippen LogP contribution in [-0.4, -0.2) is 4.37 Å². The van der Waals surface area contributed by atoms with Crippen molar-refractivity contribution in [1.82, 2.24) is 4.37 Å². The van der Waals surface area contributed by atoms with E-state index >= 15 is 0 Å². The summed E-state index contributed by atoms with van der Waals surface area (Å²) in [5.74, 6) is 0. The van der Waals surface area contributed by atoms with Gasteiger partial charge in [-0.05, 0) is 23.0 Å². The average molecular weight is 140 g/mol. The summed E-state index contributed by atoms with van der Waals surface area (Å²) < 4.78 is 5.16. The molecule has 0 atom stereocenters. The van der Waals surface area contributed by atoms with Crippen molar-refractivity contribution in [2.24, 2.45) is 0 Å². The van der Waals surface area contributed by atoms with Gasteiger partial charge >= 0.3 is 0 Å². The van der Waals surface area contributed by atoms with Gasteiger partial charge in [0.25, 0.3) is 0 Å². The summed E-state index contributed by atoms with van der Waals surface area (Å²) in [4.78, 5) is 0.